The number of rotatable bonds is 8. The average molecular weight is 497 g/mol. The van der Waals surface area contributed by atoms with Crippen molar-refractivity contribution in [2.45, 2.75) is 13.5 Å². The molecular formula is C28H28N6OS. The lowest BCUT2D eigenvalue weighted by atomic mass is 10.1. The average Bonchev–Trinajstić information content (AvgIpc) is 3.32. The molecule has 0 atom stereocenters. The minimum absolute atomic E-state index is 0.587. The second kappa shape index (κ2) is 10.4. The molecule has 0 unspecified atom stereocenters. The normalized spacial score (nSPS) is 11.2. The Morgan fingerprint density at radius 3 is 2.50 bits per heavy atom. The van der Waals surface area contributed by atoms with Gasteiger partial charge in [-0.05, 0) is 80.7 Å². The molecule has 7 nitrogen and oxygen atoms in total. The first-order chi connectivity index (χ1) is 17.5. The number of methoxy groups -OCH3 is 1. The molecule has 5 rings (SSSR count). The lowest BCUT2D eigenvalue weighted by Crippen LogP contribution is -2.19. The van der Waals surface area contributed by atoms with Crippen molar-refractivity contribution < 1.29 is 4.74 Å². The van der Waals surface area contributed by atoms with E-state index in [9.17, 15) is 0 Å². The number of anilines is 2. The van der Waals surface area contributed by atoms with Crippen LogP contribution in [0, 0.1) is 6.92 Å². The van der Waals surface area contributed by atoms with Crippen LogP contribution in [0.4, 0.5) is 11.4 Å². The third-order valence-corrected chi connectivity index (χ3v) is 6.64. The van der Waals surface area contributed by atoms with E-state index in [0.717, 1.165) is 50.5 Å². The zero-order chi connectivity index (χ0) is 25.1. The van der Waals surface area contributed by atoms with Gasteiger partial charge in [-0.25, -0.2) is 9.29 Å². The van der Waals surface area contributed by atoms with Crippen LogP contribution in [0.15, 0.2) is 85.6 Å². The number of fused-ring (bicyclic) bond motifs is 1. The fraction of sp³-hybridized carbons (Fsp3) is 0.179. The summed E-state index contributed by atoms with van der Waals surface area (Å²) in [5.41, 5.74) is 6.31. The van der Waals surface area contributed by atoms with E-state index in [1.165, 1.54) is 0 Å². The summed E-state index contributed by atoms with van der Waals surface area (Å²) in [4.78, 5) is 15.8. The molecule has 0 saturated heterocycles. The van der Waals surface area contributed by atoms with E-state index < -0.39 is 0 Å². The third-order valence-electron chi connectivity index (χ3n) is 5.80. The van der Waals surface area contributed by atoms with Crippen LogP contribution in [0.2, 0.25) is 0 Å². The fourth-order valence-corrected chi connectivity index (χ4v) is 4.81. The minimum atomic E-state index is 0.587. The lowest BCUT2D eigenvalue weighted by Gasteiger charge is -2.26. The quantitative estimate of drug-likeness (QED) is 0.240. The number of hydrogen-bond donors (Lipinski definition) is 0. The first kappa shape index (κ1) is 23.8. The molecule has 36 heavy (non-hydrogen) atoms. The summed E-state index contributed by atoms with van der Waals surface area (Å²) in [7, 11) is 5.74. The van der Waals surface area contributed by atoms with E-state index in [1.54, 1.807) is 31.6 Å². The van der Waals surface area contributed by atoms with Crippen LogP contribution in [-0.4, -0.2) is 44.4 Å². The number of ether oxygens (including phenoxy) is 1. The van der Waals surface area contributed by atoms with Crippen LogP contribution in [0.25, 0.3) is 22.0 Å². The Kier molecular flexibility index (Phi) is 6.88. The Morgan fingerprint density at radius 2 is 1.72 bits per heavy atom. The maximum atomic E-state index is 5.59. The van der Waals surface area contributed by atoms with E-state index in [1.807, 2.05) is 55.2 Å². The highest BCUT2D eigenvalue weighted by Gasteiger charge is 2.17. The van der Waals surface area contributed by atoms with Crippen molar-refractivity contribution in [3.8, 4) is 16.9 Å². The van der Waals surface area contributed by atoms with Gasteiger partial charge >= 0.3 is 0 Å². The summed E-state index contributed by atoms with van der Waals surface area (Å²) in [5, 5.41) is 1.07. The SMILES string of the molecule is COc1cc(C)cc(N(Cc2nccn2SN(C)C)c2ccc3ncc(-c4ccncc4)cc3c2)c1. The molecule has 0 spiro atoms. The molecule has 2 aromatic carbocycles. The van der Waals surface area contributed by atoms with Gasteiger partial charge < -0.3 is 9.64 Å². The molecule has 0 bridgehead atoms. The molecule has 0 aliphatic carbocycles. The van der Waals surface area contributed by atoms with Crippen LogP contribution in [0.3, 0.4) is 0 Å². The van der Waals surface area contributed by atoms with Crippen LogP contribution >= 0.6 is 12.1 Å². The molecule has 182 valence electrons. The van der Waals surface area contributed by atoms with Crippen molar-refractivity contribution in [2.75, 3.05) is 26.1 Å². The predicted octanol–water partition coefficient (Wildman–Crippen LogP) is 6.12. The molecule has 0 amide bonds. The van der Waals surface area contributed by atoms with Gasteiger partial charge in [-0.3, -0.25) is 13.9 Å². The molecule has 0 saturated carbocycles. The molecular weight excluding hydrogens is 468 g/mol. The topological polar surface area (TPSA) is 59.3 Å². The molecule has 0 N–H and O–H groups in total. The number of imidazole rings is 1. The van der Waals surface area contributed by atoms with Crippen LogP contribution in [0.5, 0.6) is 5.75 Å². The van der Waals surface area contributed by atoms with Crippen LogP contribution in [0.1, 0.15) is 11.4 Å². The van der Waals surface area contributed by atoms with Gasteiger partial charge in [-0.2, -0.15) is 0 Å². The van der Waals surface area contributed by atoms with Crippen molar-refractivity contribution in [1.29, 1.82) is 0 Å². The number of pyridine rings is 2. The van der Waals surface area contributed by atoms with Gasteiger partial charge in [0.25, 0.3) is 0 Å². The molecule has 0 radical (unpaired) electrons. The van der Waals surface area contributed by atoms with Crippen LogP contribution < -0.4 is 9.64 Å². The molecule has 0 aliphatic heterocycles. The predicted molar refractivity (Wildman–Crippen MR) is 147 cm³/mol. The van der Waals surface area contributed by atoms with Gasteiger partial charge in [0.05, 0.1) is 19.2 Å². The van der Waals surface area contributed by atoms with E-state index in [0.29, 0.717) is 6.54 Å². The smallest absolute Gasteiger partial charge is 0.139 e. The van der Waals surface area contributed by atoms with Crippen molar-refractivity contribution >= 4 is 34.4 Å². The van der Waals surface area contributed by atoms with Crippen molar-refractivity contribution in [3.63, 3.8) is 0 Å². The summed E-state index contributed by atoms with van der Waals surface area (Å²) in [5.74, 6) is 1.77. The van der Waals surface area contributed by atoms with Gasteiger partial charge in [0, 0.05) is 71.5 Å². The zero-order valence-corrected chi connectivity index (χ0v) is 21.6. The number of aromatic nitrogens is 4. The molecule has 0 aliphatic rings. The van der Waals surface area contributed by atoms with Gasteiger partial charge in [0.15, 0.2) is 0 Å². The number of nitrogens with zero attached hydrogens (tertiary/aromatic N) is 6. The Balaban J connectivity index is 1.60. The molecule has 0 fully saturated rings. The van der Waals surface area contributed by atoms with Gasteiger partial charge in [0.1, 0.15) is 11.6 Å². The monoisotopic (exact) mass is 496 g/mol. The Labute approximate surface area is 215 Å². The summed E-state index contributed by atoms with van der Waals surface area (Å²) >= 11 is 1.60. The van der Waals surface area contributed by atoms with Gasteiger partial charge in [0.2, 0.25) is 0 Å². The van der Waals surface area contributed by atoms with Gasteiger partial charge in [-0.1, -0.05) is 0 Å². The van der Waals surface area contributed by atoms with Crippen molar-refractivity contribution in [2.24, 2.45) is 0 Å². The first-order valence-corrected chi connectivity index (χ1v) is 12.3. The number of hydrogen-bond acceptors (Lipinski definition) is 7. The van der Waals surface area contributed by atoms with E-state index in [-0.39, 0.29) is 0 Å². The molecule has 3 heterocycles. The summed E-state index contributed by atoms with van der Waals surface area (Å²) in [6.07, 6.45) is 9.34. The highest BCUT2D eigenvalue weighted by Crippen LogP contribution is 2.34. The first-order valence-electron chi connectivity index (χ1n) is 11.6. The summed E-state index contributed by atoms with van der Waals surface area (Å²) in [6.45, 7) is 2.67. The maximum absolute atomic E-state index is 5.59. The third kappa shape index (κ3) is 5.19. The Hall–Kier alpha value is -3.88. The Morgan fingerprint density at radius 1 is 0.889 bits per heavy atom. The number of benzene rings is 2. The standard InChI is InChI=1S/C28H28N6OS/c1-20-13-25(17-26(14-20)35-4)33(19-28-30-11-12-34(28)36-32(2)3)24-5-6-27-22(16-24)15-23(18-31-27)21-7-9-29-10-8-21/h5-18H,19H2,1-4H3. The van der Waals surface area contributed by atoms with E-state index in [2.05, 4.69) is 62.2 Å². The van der Waals surface area contributed by atoms with Crippen molar-refractivity contribution in [3.05, 3.63) is 97.0 Å². The zero-order valence-electron chi connectivity index (χ0n) is 20.8. The summed E-state index contributed by atoms with van der Waals surface area (Å²) < 4.78 is 9.73. The lowest BCUT2D eigenvalue weighted by molar-refractivity contribution is 0.414. The van der Waals surface area contributed by atoms with Gasteiger partial charge in [-0.15, -0.1) is 0 Å². The van der Waals surface area contributed by atoms with E-state index in [4.69, 9.17) is 9.72 Å². The highest BCUT2D eigenvalue weighted by molar-refractivity contribution is 7.95. The summed E-state index contributed by atoms with van der Waals surface area (Å²) in [6, 6.07) is 18.8. The fourth-order valence-electron chi connectivity index (χ4n) is 4.15. The molecule has 3 aromatic heterocycles. The van der Waals surface area contributed by atoms with Crippen LogP contribution in [-0.2, 0) is 6.54 Å². The van der Waals surface area contributed by atoms with Crippen molar-refractivity contribution in [1.82, 2.24) is 23.2 Å². The largest absolute Gasteiger partial charge is 0.497 e. The Bertz CT molecular complexity index is 1480. The molecule has 8 heteroatoms. The highest BCUT2D eigenvalue weighted by atomic mass is 32.2. The van der Waals surface area contributed by atoms with E-state index >= 15 is 0 Å². The second-order valence-electron chi connectivity index (χ2n) is 8.69. The number of aryl methyl sites for hydroxylation is 1. The molecule has 5 aromatic rings. The minimum Gasteiger partial charge on any atom is -0.497 e. The second-order valence-corrected chi connectivity index (χ2v) is 9.98. The maximum Gasteiger partial charge on any atom is 0.139 e.